The number of nitrogens with one attached hydrogen (secondary N) is 1. The Morgan fingerprint density at radius 3 is 2.61 bits per heavy atom. The normalized spacial score (nSPS) is 11.6. The lowest BCUT2D eigenvalue weighted by Gasteiger charge is -2.19. The summed E-state index contributed by atoms with van der Waals surface area (Å²) in [7, 11) is 0. The molecule has 0 spiro atoms. The molecular weight excluding hydrogens is 372 g/mol. The summed E-state index contributed by atoms with van der Waals surface area (Å²) in [6, 6.07) is 14.5. The van der Waals surface area contributed by atoms with Crippen molar-refractivity contribution in [2.24, 2.45) is 0 Å². The molecule has 28 heavy (non-hydrogen) atoms. The van der Waals surface area contributed by atoms with Crippen molar-refractivity contribution in [1.82, 2.24) is 20.1 Å². The number of aromatic nitrogens is 3. The van der Waals surface area contributed by atoms with E-state index in [0.717, 1.165) is 36.2 Å². The maximum Gasteiger partial charge on any atom is 0.407 e. The van der Waals surface area contributed by atoms with Crippen LogP contribution in [0.4, 0.5) is 4.79 Å². The maximum atomic E-state index is 11.7. The highest BCUT2D eigenvalue weighted by molar-refractivity contribution is 7.80. The molecule has 0 fully saturated rings. The van der Waals surface area contributed by atoms with Gasteiger partial charge in [-0.25, -0.2) is 4.79 Å². The van der Waals surface area contributed by atoms with Gasteiger partial charge in [0.05, 0.1) is 0 Å². The van der Waals surface area contributed by atoms with Crippen LogP contribution in [0.3, 0.4) is 0 Å². The van der Waals surface area contributed by atoms with Crippen LogP contribution in [0.25, 0.3) is 22.2 Å². The highest BCUT2D eigenvalue weighted by Crippen LogP contribution is 2.25. The Balaban J connectivity index is 1.59. The Labute approximate surface area is 170 Å². The second-order valence-corrected chi connectivity index (χ2v) is 8.07. The molecule has 0 saturated heterocycles. The molecule has 0 bridgehead atoms. The second-order valence-electron chi connectivity index (χ2n) is 7.67. The number of alkyl carbamates (subject to hydrolysis) is 1. The zero-order chi connectivity index (χ0) is 20.1. The minimum atomic E-state index is -0.484. The average Bonchev–Trinajstić information content (AvgIpc) is 3.00. The Kier molecular flexibility index (Phi) is 6.24. The zero-order valence-electron chi connectivity index (χ0n) is 16.5. The van der Waals surface area contributed by atoms with Crippen molar-refractivity contribution in [2.45, 2.75) is 50.9 Å². The fourth-order valence-corrected chi connectivity index (χ4v) is 3.18. The summed E-state index contributed by atoms with van der Waals surface area (Å²) in [6.07, 6.45) is 1.30. The van der Waals surface area contributed by atoms with E-state index in [0.29, 0.717) is 11.7 Å². The molecule has 6 nitrogen and oxygen atoms in total. The van der Waals surface area contributed by atoms with E-state index in [1.54, 1.807) is 0 Å². The first-order valence-electron chi connectivity index (χ1n) is 9.42. The number of rotatable bonds is 6. The molecular formula is C21H26N4O2S. The quantitative estimate of drug-likeness (QED) is 0.467. The molecule has 7 heteroatoms. The van der Waals surface area contributed by atoms with E-state index in [4.69, 9.17) is 4.74 Å². The van der Waals surface area contributed by atoms with E-state index in [1.165, 1.54) is 5.39 Å². The minimum Gasteiger partial charge on any atom is -0.444 e. The SMILES string of the molecule is CC(C)(C)OC(=O)NCCCCn1c(S)nnc1-c1ccc2ccccc2c1. The lowest BCUT2D eigenvalue weighted by Crippen LogP contribution is -2.33. The lowest BCUT2D eigenvalue weighted by atomic mass is 10.1. The molecule has 0 aliphatic rings. The van der Waals surface area contributed by atoms with Gasteiger partial charge < -0.3 is 14.6 Å². The van der Waals surface area contributed by atoms with Gasteiger partial charge in [0.2, 0.25) is 0 Å². The van der Waals surface area contributed by atoms with E-state index in [1.807, 2.05) is 37.5 Å². The van der Waals surface area contributed by atoms with Crippen molar-refractivity contribution in [2.75, 3.05) is 6.54 Å². The summed E-state index contributed by atoms with van der Waals surface area (Å²) in [4.78, 5) is 11.7. The standard InChI is InChI=1S/C21H26N4O2S/c1-21(2,3)27-20(26)22-12-6-7-13-25-18(23-24-19(25)28)17-11-10-15-8-4-5-9-16(15)14-17/h4-5,8-11,14H,6-7,12-13H2,1-3H3,(H,22,26)(H,24,28). The van der Waals surface area contributed by atoms with Crippen LogP contribution in [0.15, 0.2) is 47.6 Å². The van der Waals surface area contributed by atoms with Crippen LogP contribution in [-0.4, -0.2) is 33.0 Å². The molecule has 1 heterocycles. The predicted molar refractivity (Wildman–Crippen MR) is 114 cm³/mol. The molecule has 3 rings (SSSR count). The number of carbonyl (C=O) groups is 1. The van der Waals surface area contributed by atoms with Crippen LogP contribution in [0.2, 0.25) is 0 Å². The summed E-state index contributed by atoms with van der Waals surface area (Å²) in [5.41, 5.74) is 0.529. The molecule has 2 aromatic carbocycles. The lowest BCUT2D eigenvalue weighted by molar-refractivity contribution is 0.0527. The molecule has 0 aliphatic heterocycles. The fraction of sp³-hybridized carbons (Fsp3) is 0.381. The molecule has 1 aromatic heterocycles. The van der Waals surface area contributed by atoms with Gasteiger partial charge in [0.15, 0.2) is 11.0 Å². The predicted octanol–water partition coefficient (Wildman–Crippen LogP) is 4.69. The van der Waals surface area contributed by atoms with Gasteiger partial charge in [0.25, 0.3) is 0 Å². The van der Waals surface area contributed by atoms with E-state index in [9.17, 15) is 4.79 Å². The molecule has 148 valence electrons. The van der Waals surface area contributed by atoms with Gasteiger partial charge in [-0.15, -0.1) is 22.8 Å². The van der Waals surface area contributed by atoms with Crippen LogP contribution in [0.1, 0.15) is 33.6 Å². The summed E-state index contributed by atoms with van der Waals surface area (Å²) >= 11 is 4.45. The van der Waals surface area contributed by atoms with Crippen LogP contribution < -0.4 is 5.32 Å². The van der Waals surface area contributed by atoms with Gasteiger partial charge in [0.1, 0.15) is 5.60 Å². The van der Waals surface area contributed by atoms with Crippen LogP contribution in [0, 0.1) is 0 Å². The largest absolute Gasteiger partial charge is 0.444 e. The third-order valence-corrected chi connectivity index (χ3v) is 4.55. The highest BCUT2D eigenvalue weighted by Gasteiger charge is 2.15. The highest BCUT2D eigenvalue weighted by atomic mass is 32.1. The number of thiol groups is 1. The van der Waals surface area contributed by atoms with Crippen molar-refractivity contribution < 1.29 is 9.53 Å². The van der Waals surface area contributed by atoms with Crippen LogP contribution in [-0.2, 0) is 11.3 Å². The van der Waals surface area contributed by atoms with Gasteiger partial charge >= 0.3 is 6.09 Å². The Bertz CT molecular complexity index is 962. The van der Waals surface area contributed by atoms with Crippen molar-refractivity contribution in [3.05, 3.63) is 42.5 Å². The smallest absolute Gasteiger partial charge is 0.407 e. The summed E-state index contributed by atoms with van der Waals surface area (Å²) in [6.45, 7) is 6.83. The topological polar surface area (TPSA) is 69.0 Å². The molecule has 0 saturated carbocycles. The molecule has 1 N–H and O–H groups in total. The van der Waals surface area contributed by atoms with Crippen molar-refractivity contribution in [1.29, 1.82) is 0 Å². The Morgan fingerprint density at radius 2 is 1.86 bits per heavy atom. The van der Waals surface area contributed by atoms with Gasteiger partial charge in [-0.2, -0.15) is 0 Å². The van der Waals surface area contributed by atoms with Gasteiger partial charge in [-0.3, -0.25) is 0 Å². The number of hydrogen-bond donors (Lipinski definition) is 2. The number of carbonyl (C=O) groups excluding carboxylic acids is 1. The number of fused-ring (bicyclic) bond motifs is 1. The number of nitrogens with zero attached hydrogens (tertiary/aromatic N) is 3. The Hall–Kier alpha value is -2.54. The van der Waals surface area contributed by atoms with Crippen molar-refractivity contribution >= 4 is 29.5 Å². The number of hydrogen-bond acceptors (Lipinski definition) is 5. The second kappa shape index (κ2) is 8.65. The minimum absolute atomic E-state index is 0.386. The molecule has 0 atom stereocenters. The van der Waals surface area contributed by atoms with Crippen molar-refractivity contribution in [3.8, 4) is 11.4 Å². The van der Waals surface area contributed by atoms with Gasteiger partial charge in [-0.05, 0) is 50.5 Å². The van der Waals surface area contributed by atoms with Gasteiger partial charge in [-0.1, -0.05) is 36.4 Å². The molecule has 3 aromatic rings. The molecule has 1 amide bonds. The number of amides is 1. The molecule has 0 radical (unpaired) electrons. The monoisotopic (exact) mass is 398 g/mol. The summed E-state index contributed by atoms with van der Waals surface area (Å²) in [5, 5.41) is 14.2. The summed E-state index contributed by atoms with van der Waals surface area (Å²) < 4.78 is 7.23. The van der Waals surface area contributed by atoms with Gasteiger partial charge in [0, 0.05) is 18.7 Å². The van der Waals surface area contributed by atoms with E-state index in [2.05, 4.69) is 58.5 Å². The van der Waals surface area contributed by atoms with E-state index >= 15 is 0 Å². The first-order chi connectivity index (χ1) is 13.3. The zero-order valence-corrected chi connectivity index (χ0v) is 17.4. The Morgan fingerprint density at radius 1 is 1.11 bits per heavy atom. The average molecular weight is 399 g/mol. The summed E-state index contributed by atoms with van der Waals surface area (Å²) in [5.74, 6) is 0.802. The van der Waals surface area contributed by atoms with Crippen LogP contribution >= 0.6 is 12.6 Å². The molecule has 0 aliphatic carbocycles. The van der Waals surface area contributed by atoms with E-state index in [-0.39, 0.29) is 6.09 Å². The fourth-order valence-electron chi connectivity index (χ4n) is 2.94. The number of unbranched alkanes of at least 4 members (excludes halogenated alkanes) is 1. The van der Waals surface area contributed by atoms with Crippen molar-refractivity contribution in [3.63, 3.8) is 0 Å². The first kappa shape index (κ1) is 20.2. The third kappa shape index (κ3) is 5.25. The molecule has 0 unspecified atom stereocenters. The number of benzene rings is 2. The van der Waals surface area contributed by atoms with E-state index < -0.39 is 5.60 Å². The maximum absolute atomic E-state index is 11.7. The van der Waals surface area contributed by atoms with Crippen LogP contribution in [0.5, 0.6) is 0 Å². The third-order valence-electron chi connectivity index (χ3n) is 4.22. The number of ether oxygens (including phenoxy) is 1. The first-order valence-corrected chi connectivity index (χ1v) is 9.86.